The number of hydrogen-bond donors (Lipinski definition) is 0. The van der Waals surface area contributed by atoms with Crippen molar-refractivity contribution in [3.63, 3.8) is 0 Å². The van der Waals surface area contributed by atoms with Gasteiger partial charge in [-0.2, -0.15) is 0 Å². The first-order chi connectivity index (χ1) is 0. The number of hydrogen-bond acceptors (Lipinski definition) is 0. The molecule has 0 saturated carbocycles. The van der Waals surface area contributed by atoms with E-state index in [2.05, 4.69) is 0 Å². The standard InChI is InChI=1S/Ca.Mg.2H4Si.4H/h;;2*1H4;;;;. The van der Waals surface area contributed by atoms with Gasteiger partial charge in [-0.05, 0) is 21.9 Å². The molecule has 0 atom stereocenters. The van der Waals surface area contributed by atoms with E-state index < -0.39 is 0 Å². The molecule has 24 valence electrons. The maximum atomic E-state index is 0. The van der Waals surface area contributed by atoms with Crippen molar-refractivity contribution in [3.8, 4) is 0 Å². The van der Waals surface area contributed by atoms with E-state index in [0.29, 0.717) is 0 Å². The van der Waals surface area contributed by atoms with Gasteiger partial charge in [-0.25, -0.2) is 0 Å². The van der Waals surface area contributed by atoms with Crippen LogP contribution in [-0.4, -0.2) is 82.7 Å². The van der Waals surface area contributed by atoms with Gasteiger partial charge in [0.25, 0.3) is 0 Å². The van der Waals surface area contributed by atoms with E-state index in [0.717, 1.165) is 0 Å². The molecule has 0 amide bonds. The summed E-state index contributed by atoms with van der Waals surface area (Å²) >= 11 is 0. The second kappa shape index (κ2) is 17.9. The van der Waals surface area contributed by atoms with E-state index in [-0.39, 0.29) is 82.7 Å². The molecular weight excluding hydrogens is 121 g/mol. The summed E-state index contributed by atoms with van der Waals surface area (Å²) in [5, 5.41) is 0. The molecule has 0 fully saturated rings. The van der Waals surface area contributed by atoms with Crippen LogP contribution in [0.25, 0.3) is 0 Å². The van der Waals surface area contributed by atoms with Crippen LogP contribution in [-0.2, 0) is 0 Å². The molecule has 0 saturated heterocycles. The molecule has 0 radical (unpaired) electrons. The summed E-state index contributed by atoms with van der Waals surface area (Å²) < 4.78 is 0. The second-order valence-electron chi connectivity index (χ2n) is 0. The van der Waals surface area contributed by atoms with Gasteiger partial charge in [-0.3, -0.25) is 0 Å². The Morgan fingerprint density at radius 2 is 0.750 bits per heavy atom. The maximum Gasteiger partial charge on any atom is 0.316 e. The molecule has 0 spiro atoms. The monoisotopic (exact) mass is 132 g/mol. The summed E-state index contributed by atoms with van der Waals surface area (Å²) in [4.78, 5) is 0. The topological polar surface area (TPSA) is 0 Å². The third-order valence-corrected chi connectivity index (χ3v) is 0. The molecule has 0 aromatic carbocycles. The first-order valence-corrected chi connectivity index (χ1v) is 0. The van der Waals surface area contributed by atoms with Crippen LogP contribution >= 0.6 is 0 Å². The Labute approximate surface area is 81.3 Å². The molecule has 0 heterocycles. The normalized spacial score (nSPS) is 0. The quantitative estimate of drug-likeness (QED) is 0.291. The van der Waals surface area contributed by atoms with Crippen molar-refractivity contribution in [2.24, 2.45) is 0 Å². The van der Waals surface area contributed by atoms with Gasteiger partial charge in [-0.1, -0.05) is 0 Å². The van der Waals surface area contributed by atoms with Crippen molar-refractivity contribution in [2.45, 2.75) is 0 Å². The second-order valence-corrected chi connectivity index (χ2v) is 0. The van der Waals surface area contributed by atoms with E-state index in [1.54, 1.807) is 0 Å². The Bertz CT molecular complexity index is 6.00. The molecule has 4 heavy (non-hydrogen) atoms. The van der Waals surface area contributed by atoms with Crippen LogP contribution in [0.2, 0.25) is 0 Å². The Balaban J connectivity index is 0. The van der Waals surface area contributed by atoms with Gasteiger partial charge in [0, 0.05) is 0 Å². The van der Waals surface area contributed by atoms with Crippen LogP contribution in [0, 0.1) is 0 Å². The molecular formula is H12CaMgSi2. The predicted octanol–water partition coefficient (Wildman–Crippen LogP) is -4.74. The smallest absolute Gasteiger partial charge is 0.0149 e. The first kappa shape index (κ1) is 31.8. The first-order valence-electron chi connectivity index (χ1n) is 0. The van der Waals surface area contributed by atoms with E-state index in [9.17, 15) is 0 Å². The summed E-state index contributed by atoms with van der Waals surface area (Å²) in [6, 6.07) is 0. The van der Waals surface area contributed by atoms with E-state index in [4.69, 9.17) is 0 Å². The van der Waals surface area contributed by atoms with Crippen LogP contribution < -0.4 is 0 Å². The molecule has 0 nitrogen and oxygen atoms in total. The van der Waals surface area contributed by atoms with Gasteiger partial charge in [0.15, 0.2) is 0 Å². The third-order valence-electron chi connectivity index (χ3n) is 0. The minimum atomic E-state index is 0. The molecule has 4 heteroatoms. The zero-order valence-electron chi connectivity index (χ0n) is 0. The molecule has 0 aliphatic carbocycles. The summed E-state index contributed by atoms with van der Waals surface area (Å²) in [6.07, 6.45) is 0. The average Bonchev–Trinajstić information content (AvgIpc) is 0. The Morgan fingerprint density at radius 1 is 0.750 bits per heavy atom. The minimum absolute atomic E-state index is 0. The summed E-state index contributed by atoms with van der Waals surface area (Å²) in [5.41, 5.74) is 0. The Hall–Kier alpha value is 2.46. The van der Waals surface area contributed by atoms with Gasteiger partial charge in [0.1, 0.15) is 0 Å². The molecule has 0 N–H and O–H groups in total. The fraction of sp³-hybridized carbons (Fsp3) is 0. The van der Waals surface area contributed by atoms with E-state index in [1.165, 1.54) is 0 Å². The largest absolute Gasteiger partial charge is 0.316 e. The fourth-order valence-electron chi connectivity index (χ4n) is 0. The van der Waals surface area contributed by atoms with Gasteiger partial charge in [0.05, 0.1) is 0 Å². The van der Waals surface area contributed by atoms with Crippen molar-refractivity contribution >= 4 is 82.7 Å². The zero-order valence-corrected chi connectivity index (χ0v) is 0. The van der Waals surface area contributed by atoms with Gasteiger partial charge < -0.3 is 0 Å². The van der Waals surface area contributed by atoms with Crippen LogP contribution in [0.4, 0.5) is 0 Å². The van der Waals surface area contributed by atoms with Crippen molar-refractivity contribution in [2.75, 3.05) is 0 Å². The molecule has 0 bridgehead atoms. The van der Waals surface area contributed by atoms with Gasteiger partial charge in [-0.15, -0.1) is 0 Å². The van der Waals surface area contributed by atoms with Crippen LogP contribution in [0.15, 0.2) is 0 Å². The zero-order chi connectivity index (χ0) is 0. The molecule has 0 aliphatic heterocycles. The average molecular weight is 133 g/mol. The minimum Gasteiger partial charge on any atom is -0.0149 e. The van der Waals surface area contributed by atoms with Gasteiger partial charge in [0.2, 0.25) is 0 Å². The Morgan fingerprint density at radius 3 is 0.750 bits per heavy atom. The van der Waals surface area contributed by atoms with Crippen molar-refractivity contribution < 1.29 is 0 Å². The fourth-order valence-corrected chi connectivity index (χ4v) is 0. The molecule has 0 unspecified atom stereocenters. The van der Waals surface area contributed by atoms with Crippen molar-refractivity contribution in [3.05, 3.63) is 0 Å². The van der Waals surface area contributed by atoms with E-state index >= 15 is 0 Å². The SMILES string of the molecule is [CaH2].[MgH2].[SiH4].[SiH4]. The molecule has 0 aromatic heterocycles. The van der Waals surface area contributed by atoms with Crippen LogP contribution in [0.3, 0.4) is 0 Å². The summed E-state index contributed by atoms with van der Waals surface area (Å²) in [7, 11) is 0. The van der Waals surface area contributed by atoms with Gasteiger partial charge >= 0.3 is 60.8 Å². The van der Waals surface area contributed by atoms with Crippen molar-refractivity contribution in [1.82, 2.24) is 0 Å². The summed E-state index contributed by atoms with van der Waals surface area (Å²) in [5.74, 6) is 0. The summed E-state index contributed by atoms with van der Waals surface area (Å²) in [6.45, 7) is 0. The van der Waals surface area contributed by atoms with E-state index in [1.807, 2.05) is 0 Å². The third kappa shape index (κ3) is 8.82. The van der Waals surface area contributed by atoms with Crippen LogP contribution in [0.1, 0.15) is 0 Å². The Kier molecular flexibility index (Phi) is 143. The molecule has 0 rings (SSSR count). The number of rotatable bonds is 0. The van der Waals surface area contributed by atoms with Crippen LogP contribution in [0.5, 0.6) is 0 Å². The molecule has 0 aliphatic rings. The molecule has 0 aromatic rings. The maximum absolute atomic E-state index is 0. The van der Waals surface area contributed by atoms with Crippen molar-refractivity contribution in [1.29, 1.82) is 0 Å². The predicted molar refractivity (Wildman–Crippen MR) is 39.8 cm³/mol.